The molecule has 4 aromatic carbocycles. The van der Waals surface area contributed by atoms with E-state index in [2.05, 4.69) is 132 Å². The molecule has 4 aliphatic heterocycles. The maximum absolute atomic E-state index is 17.1. The summed E-state index contributed by atoms with van der Waals surface area (Å²) in [6.07, 6.45) is 15.2. The van der Waals surface area contributed by atoms with Crippen LogP contribution < -0.4 is 19.3 Å². The van der Waals surface area contributed by atoms with E-state index in [0.717, 1.165) is 79.9 Å². The number of anilines is 2. The van der Waals surface area contributed by atoms with E-state index in [-0.39, 0.29) is 78.6 Å². The minimum Gasteiger partial charge on any atom is -0.476 e. The summed E-state index contributed by atoms with van der Waals surface area (Å²) in [5, 5.41) is 11.9. The van der Waals surface area contributed by atoms with E-state index in [1.807, 2.05) is 54.4 Å². The zero-order valence-corrected chi connectivity index (χ0v) is 59.5. The van der Waals surface area contributed by atoms with Gasteiger partial charge in [-0.15, -0.1) is 12.0 Å². The summed E-state index contributed by atoms with van der Waals surface area (Å²) in [6.45, 7) is 39.6. The van der Waals surface area contributed by atoms with Crippen LogP contribution in [0.5, 0.6) is 12.0 Å². The van der Waals surface area contributed by atoms with Crippen molar-refractivity contribution in [3.63, 3.8) is 0 Å². The average Bonchev–Trinajstić information content (AvgIpc) is 1.11. The van der Waals surface area contributed by atoms with Gasteiger partial charge in [-0.3, -0.25) is 14.8 Å². The van der Waals surface area contributed by atoms with Gasteiger partial charge in [0, 0.05) is 96.1 Å². The van der Waals surface area contributed by atoms with E-state index in [1.165, 1.54) is 11.1 Å². The van der Waals surface area contributed by atoms with Crippen molar-refractivity contribution in [2.45, 2.75) is 115 Å². The third kappa shape index (κ3) is 15.9. The number of pyridine rings is 2. The van der Waals surface area contributed by atoms with Crippen molar-refractivity contribution < 1.29 is 41.7 Å². The lowest BCUT2D eigenvalue weighted by Gasteiger charge is -2.39. The van der Waals surface area contributed by atoms with E-state index in [1.54, 1.807) is 18.3 Å². The molecule has 0 spiro atoms. The van der Waals surface area contributed by atoms with Crippen LogP contribution in [-0.2, 0) is 9.59 Å². The largest absolute Gasteiger partial charge is 0.476 e. The number of piperazine rings is 1. The first kappa shape index (κ1) is 73.7. The molecule has 0 aliphatic carbocycles. The van der Waals surface area contributed by atoms with Gasteiger partial charge in [0.2, 0.25) is 18.9 Å². The van der Waals surface area contributed by atoms with Crippen molar-refractivity contribution in [1.29, 1.82) is 0 Å². The summed E-state index contributed by atoms with van der Waals surface area (Å²) < 4.78 is 71.0. The Morgan fingerprint density at radius 1 is 0.644 bits per heavy atom. The third-order valence-corrected chi connectivity index (χ3v) is 26.5. The number of aromatic nitrogens is 6. The molecule has 4 saturated heterocycles. The fraction of sp³-hybridized carbons (Fsp3) is 0.410. The number of ether oxygens (including phenoxy) is 2. The van der Waals surface area contributed by atoms with Crippen LogP contribution in [0.4, 0.5) is 29.2 Å². The van der Waals surface area contributed by atoms with Gasteiger partial charge < -0.3 is 48.8 Å². The number of amides is 1. The van der Waals surface area contributed by atoms with Crippen LogP contribution >= 0.6 is 0 Å². The molecule has 0 radical (unpaired) electrons. The molecule has 4 aliphatic rings. The van der Waals surface area contributed by atoms with Crippen LogP contribution in [0, 0.1) is 54.5 Å². The normalized spacial score (nSPS) is 18.0. The summed E-state index contributed by atoms with van der Waals surface area (Å²) in [6, 6.07) is 23.2. The lowest BCUT2D eigenvalue weighted by atomic mass is 9.96. The number of hydrogen-bond donors (Lipinski definition) is 1. The molecule has 12 rings (SSSR count). The summed E-state index contributed by atoms with van der Waals surface area (Å²) in [5.41, 5.74) is 8.67. The van der Waals surface area contributed by atoms with E-state index in [4.69, 9.17) is 54.1 Å². The summed E-state index contributed by atoms with van der Waals surface area (Å²) in [7, 11) is 2.13. The van der Waals surface area contributed by atoms with Gasteiger partial charge in [-0.2, -0.15) is 24.3 Å². The van der Waals surface area contributed by atoms with Crippen molar-refractivity contribution >= 4 is 74.9 Å². The summed E-state index contributed by atoms with van der Waals surface area (Å²) >= 11 is 0. The highest BCUT2D eigenvalue weighted by Gasteiger charge is 2.42. The highest BCUT2D eigenvalue weighted by Crippen LogP contribution is 2.43. The Labute approximate surface area is 589 Å². The average molecular weight is 1390 g/mol. The number of carboxylic acids is 1. The van der Waals surface area contributed by atoms with E-state index < -0.39 is 49.3 Å². The standard InChI is InChI=1S/C41H51FN6OSi.C34H31F2N7O2.C3H3FO2/c1-27(2)50(28(3)4,29(5)6)22-19-32-15-9-14-31-16-10-18-34(36(31)32)38-37(42)39-35(24-44-38)40(48-21-11-13-30(25-48)23-43-7)46-41(45-39)49-26-33-17-12-20-47(33)8;1-5-22-9-6-10-23-11-7-13-26(28(22)23)30-29(36)31-27(18-38-30)32(40-34(39-31)45-20-24-12-8-14-41(24)4)42-15-16-43(33(44)21(2)35)25(19-42)17-37-3;1-2(4)3(5)6/h9-10,14-16,18,24,27-30,33H,11-13,17,20-21,23,25-26H2,1-6,8H3;1,6-7,9-11,13,18,24-25H,2,8,12,14-17,19-20H2,4H3;1H2,(H,5,6)/t30-,33-;24-,25-;/m00./s1. The first-order valence-electron chi connectivity index (χ1n) is 34.3. The van der Waals surface area contributed by atoms with Crippen LogP contribution in [0.2, 0.25) is 16.6 Å². The molecule has 0 unspecified atom stereocenters. The van der Waals surface area contributed by atoms with Crippen LogP contribution in [0.1, 0.15) is 91.2 Å². The Balaban J connectivity index is 0.000000202. The minimum absolute atomic E-state index is 0.00783. The molecule has 4 atom stereocenters. The SMILES string of the molecule is C=C(F)C(=O)O.[C-]#[N+]C[C@@H]1CCCN(c2nc(OC[C@@H]3CCCN3C)nc3c(F)c(-c4cccc5cccc(C#C[Si](C(C)C)(C(C)C)C(C)C)c45)ncc23)C1.[C-]#[N+]C[C@H]1CN(c2nc(OC[C@@H]3CCCN3C)nc3c(F)c(-c4cccc5cccc(C#C)c45)ncc23)CCN1C(=O)C(=C)F. The number of hydrogen-bond acceptors (Lipinski definition) is 14. The van der Waals surface area contributed by atoms with Gasteiger partial charge in [-0.05, 0) is 105 Å². The number of likely N-dealkylation sites (N-methyl/N-ethyl adjacent to an activating group) is 2. The Bertz CT molecular complexity index is 4610. The topological polar surface area (TPSA) is 175 Å². The molecule has 4 aromatic heterocycles. The van der Waals surface area contributed by atoms with Crippen molar-refractivity contribution in [3.05, 3.63) is 156 Å². The lowest BCUT2D eigenvalue weighted by molar-refractivity contribution is -0.134. The molecule has 0 saturated carbocycles. The molecule has 8 heterocycles. The second kappa shape index (κ2) is 32.5. The number of nitrogens with zero attached hydrogens (tertiary/aromatic N) is 13. The molecule has 1 amide bonds. The maximum Gasteiger partial charge on any atom is 0.364 e. The number of halogens is 4. The number of aliphatic carboxylic acids is 1. The van der Waals surface area contributed by atoms with Crippen LogP contribution in [0.25, 0.3) is 75.6 Å². The molecule has 4 fully saturated rings. The Morgan fingerprint density at radius 2 is 1.11 bits per heavy atom. The zero-order valence-electron chi connectivity index (χ0n) is 58.5. The predicted molar refractivity (Wildman–Crippen MR) is 392 cm³/mol. The van der Waals surface area contributed by atoms with E-state index >= 15 is 8.78 Å². The number of carbonyl (C=O) groups is 2. The second-order valence-electron chi connectivity index (χ2n) is 27.3. The van der Waals surface area contributed by atoms with Crippen molar-refractivity contribution in [2.24, 2.45) is 5.92 Å². The highest BCUT2D eigenvalue weighted by molar-refractivity contribution is 6.90. The molecular formula is C78H85F4N13O5Si. The molecule has 101 heavy (non-hydrogen) atoms. The molecule has 0 bridgehead atoms. The van der Waals surface area contributed by atoms with Gasteiger partial charge in [0.05, 0.1) is 10.8 Å². The smallest absolute Gasteiger partial charge is 0.364 e. The van der Waals surface area contributed by atoms with Crippen LogP contribution in [0.15, 0.2) is 110 Å². The monoisotopic (exact) mass is 1390 g/mol. The minimum atomic E-state index is -2.01. The van der Waals surface area contributed by atoms with Crippen LogP contribution in [-0.4, -0.2) is 174 Å². The Kier molecular flexibility index (Phi) is 23.7. The van der Waals surface area contributed by atoms with Gasteiger partial charge in [0.15, 0.2) is 17.5 Å². The van der Waals surface area contributed by atoms with Gasteiger partial charge in [-0.25, -0.2) is 31.1 Å². The molecule has 18 nitrogen and oxygen atoms in total. The maximum atomic E-state index is 17.1. The molecule has 8 aromatic rings. The zero-order chi connectivity index (χ0) is 72.4. The van der Waals surface area contributed by atoms with Gasteiger partial charge >= 0.3 is 18.0 Å². The van der Waals surface area contributed by atoms with Gasteiger partial charge in [0.1, 0.15) is 61.4 Å². The fourth-order valence-corrected chi connectivity index (χ4v) is 20.1. The first-order valence-corrected chi connectivity index (χ1v) is 36.5. The van der Waals surface area contributed by atoms with Gasteiger partial charge in [0.25, 0.3) is 5.91 Å². The van der Waals surface area contributed by atoms with Gasteiger partial charge in [-0.1, -0.05) is 127 Å². The van der Waals surface area contributed by atoms with Crippen molar-refractivity contribution in [2.75, 3.05) is 96.0 Å². The molecule has 524 valence electrons. The van der Waals surface area contributed by atoms with Crippen molar-refractivity contribution in [1.82, 2.24) is 44.6 Å². The number of rotatable bonds is 17. The molecule has 1 N–H and O–H groups in total. The number of terminal acetylenes is 1. The molecule has 23 heteroatoms. The number of fused-ring (bicyclic) bond motifs is 4. The summed E-state index contributed by atoms with van der Waals surface area (Å²) in [4.78, 5) is 66.9. The molecular weight excluding hydrogens is 1300 g/mol. The Hall–Kier alpha value is -10.0. The second-order valence-corrected chi connectivity index (χ2v) is 32.8. The Morgan fingerprint density at radius 3 is 1.55 bits per heavy atom. The number of likely N-dealkylation sites (tertiary alicyclic amines) is 2. The van der Waals surface area contributed by atoms with Crippen LogP contribution in [0.3, 0.4) is 0 Å². The number of carboxylic acid groups (broad SMARTS) is 1. The first-order chi connectivity index (χ1) is 48.5. The predicted octanol–water partition coefficient (Wildman–Crippen LogP) is 14.6. The fourth-order valence-electron chi connectivity index (χ4n) is 14.9. The van der Waals surface area contributed by atoms with Crippen molar-refractivity contribution in [3.8, 4) is 58.3 Å². The van der Waals surface area contributed by atoms with E-state index in [9.17, 15) is 18.4 Å². The van der Waals surface area contributed by atoms with E-state index in [0.29, 0.717) is 87.4 Å². The highest BCUT2D eigenvalue weighted by atomic mass is 28.3. The quantitative estimate of drug-likeness (QED) is 0.0299. The lowest BCUT2D eigenvalue weighted by Crippen LogP contribution is -2.56. The number of carbonyl (C=O) groups excluding carboxylic acids is 1. The number of piperidine rings is 1. The number of benzene rings is 4. The third-order valence-electron chi connectivity index (χ3n) is 20.2. The summed E-state index contributed by atoms with van der Waals surface area (Å²) in [5.74, 6) is 1.55.